The Morgan fingerprint density at radius 1 is 0.717 bits per heavy atom. The van der Waals surface area contributed by atoms with Crippen molar-refractivity contribution < 1.29 is 33.1 Å². The second-order valence-corrected chi connectivity index (χ2v) is 9.80. The first-order valence-corrected chi connectivity index (χ1v) is 14.0. The van der Waals surface area contributed by atoms with Crippen molar-refractivity contribution in [2.45, 2.75) is 6.92 Å². The van der Waals surface area contributed by atoms with Gasteiger partial charge in [0.25, 0.3) is 11.8 Å². The fourth-order valence-corrected chi connectivity index (χ4v) is 4.15. The zero-order chi connectivity index (χ0) is 32.3. The number of para-hydroxylation sites is 2. The van der Waals surface area contributed by atoms with Gasteiger partial charge in [0, 0.05) is 28.5 Å². The largest absolute Gasteiger partial charge is 0.459 e. The second-order valence-electron chi connectivity index (χ2n) is 9.80. The van der Waals surface area contributed by atoms with Gasteiger partial charge in [-0.1, -0.05) is 48.0 Å². The maximum Gasteiger partial charge on any atom is 0.343 e. The maximum atomic E-state index is 12.7. The summed E-state index contributed by atoms with van der Waals surface area (Å²) in [6.07, 6.45) is 5.46. The highest BCUT2D eigenvalue weighted by Gasteiger charge is 2.13. The number of nitrogens with one attached hydrogen (secondary N) is 2. The summed E-state index contributed by atoms with van der Waals surface area (Å²) < 4.78 is 16.1. The summed E-state index contributed by atoms with van der Waals surface area (Å²) in [6.45, 7) is 1.88. The number of rotatable bonds is 10. The molecular weight excluding hydrogens is 586 g/mol. The number of furan rings is 1. The van der Waals surface area contributed by atoms with Crippen molar-refractivity contribution in [1.29, 1.82) is 0 Å². The minimum atomic E-state index is -0.677. The molecule has 228 valence electrons. The van der Waals surface area contributed by atoms with E-state index in [0.717, 1.165) is 5.56 Å². The molecule has 0 aliphatic heterocycles. The molecule has 0 bridgehead atoms. The summed E-state index contributed by atoms with van der Waals surface area (Å²) in [5.41, 5.74) is 5.51. The lowest BCUT2D eigenvalue weighted by Gasteiger charge is -2.08. The fraction of sp³-hybridized carbons (Fsp3) is 0.0278. The number of nitrogens with zero attached hydrogens (tertiary/aromatic N) is 1. The third kappa shape index (κ3) is 8.29. The molecule has 0 atom stereocenters. The summed E-state index contributed by atoms with van der Waals surface area (Å²) in [4.78, 5) is 50.0. The van der Waals surface area contributed by atoms with Crippen LogP contribution in [0.25, 0.3) is 6.08 Å². The molecule has 0 aliphatic rings. The van der Waals surface area contributed by atoms with E-state index in [9.17, 15) is 19.2 Å². The van der Waals surface area contributed by atoms with Gasteiger partial charge in [-0.05, 0) is 79.7 Å². The second kappa shape index (κ2) is 14.8. The molecule has 0 saturated carbocycles. The van der Waals surface area contributed by atoms with Crippen LogP contribution >= 0.6 is 0 Å². The van der Waals surface area contributed by atoms with E-state index in [0.29, 0.717) is 27.9 Å². The number of hydrogen-bond donors (Lipinski definition) is 2. The number of benzene rings is 4. The van der Waals surface area contributed by atoms with Crippen LogP contribution in [-0.2, 0) is 4.79 Å². The smallest absolute Gasteiger partial charge is 0.343 e. The molecule has 0 aliphatic carbocycles. The zero-order valence-electron chi connectivity index (χ0n) is 24.5. The number of amides is 2. The highest BCUT2D eigenvalue weighted by molar-refractivity contribution is 6.02. The van der Waals surface area contributed by atoms with Crippen molar-refractivity contribution in [2.75, 3.05) is 5.32 Å². The summed E-state index contributed by atoms with van der Waals surface area (Å²) in [5, 5.41) is 6.66. The van der Waals surface area contributed by atoms with Crippen LogP contribution in [0.1, 0.15) is 48.0 Å². The molecule has 1 aromatic heterocycles. The Labute approximate surface area is 264 Å². The summed E-state index contributed by atoms with van der Waals surface area (Å²) in [6, 6.07) is 29.9. The third-order valence-corrected chi connectivity index (χ3v) is 6.42. The predicted octanol–water partition coefficient (Wildman–Crippen LogP) is 6.44. The topological polar surface area (TPSA) is 136 Å². The highest BCUT2D eigenvalue weighted by atomic mass is 16.5. The number of hydrazone groups is 1. The van der Waals surface area contributed by atoms with Crippen molar-refractivity contribution in [3.8, 4) is 11.5 Å². The monoisotopic (exact) mass is 613 g/mol. The van der Waals surface area contributed by atoms with E-state index in [1.807, 2.05) is 13.0 Å². The molecule has 10 heteroatoms. The number of aryl methyl sites for hydroxylation is 1. The summed E-state index contributed by atoms with van der Waals surface area (Å²) >= 11 is 0. The molecule has 4 aromatic carbocycles. The van der Waals surface area contributed by atoms with Crippen LogP contribution in [0.15, 0.2) is 131 Å². The van der Waals surface area contributed by atoms with Gasteiger partial charge in [-0.2, -0.15) is 5.10 Å². The quantitative estimate of drug-likeness (QED) is 0.0608. The van der Waals surface area contributed by atoms with Crippen LogP contribution in [0.2, 0.25) is 0 Å². The van der Waals surface area contributed by atoms with Gasteiger partial charge >= 0.3 is 11.9 Å². The van der Waals surface area contributed by atoms with Gasteiger partial charge < -0.3 is 19.2 Å². The maximum absolute atomic E-state index is 12.7. The Morgan fingerprint density at radius 3 is 2.15 bits per heavy atom. The molecule has 5 aromatic rings. The number of hydrogen-bond acceptors (Lipinski definition) is 8. The number of esters is 2. The molecule has 0 spiro atoms. The number of carbonyl (C=O) groups excluding carboxylic acids is 4. The van der Waals surface area contributed by atoms with E-state index in [4.69, 9.17) is 13.9 Å². The minimum absolute atomic E-state index is 0.167. The number of carbonyl (C=O) groups is 4. The van der Waals surface area contributed by atoms with E-state index >= 15 is 0 Å². The van der Waals surface area contributed by atoms with Crippen molar-refractivity contribution in [2.24, 2.45) is 5.10 Å². The van der Waals surface area contributed by atoms with Gasteiger partial charge in [0.15, 0.2) is 5.76 Å². The highest BCUT2D eigenvalue weighted by Crippen LogP contribution is 2.22. The van der Waals surface area contributed by atoms with Crippen LogP contribution in [0.4, 0.5) is 5.69 Å². The molecule has 0 unspecified atom stereocenters. The first-order valence-electron chi connectivity index (χ1n) is 14.0. The SMILES string of the molecule is Cc1cccc(C(=O)Oc2ccccc2/C=C/C(=O)Oc2ccccc2/C=N/NC(=O)c2ccc(NC(=O)c3ccco3)cc2)c1. The van der Waals surface area contributed by atoms with Crippen molar-refractivity contribution in [1.82, 2.24) is 5.43 Å². The Balaban J connectivity index is 1.17. The molecule has 0 saturated heterocycles. The molecule has 0 fully saturated rings. The Morgan fingerprint density at radius 2 is 1.43 bits per heavy atom. The molecule has 0 radical (unpaired) electrons. The summed E-state index contributed by atoms with van der Waals surface area (Å²) in [5.74, 6) is -1.42. The van der Waals surface area contributed by atoms with E-state index < -0.39 is 23.8 Å². The van der Waals surface area contributed by atoms with E-state index in [1.54, 1.807) is 91.0 Å². The van der Waals surface area contributed by atoms with Crippen LogP contribution in [0, 0.1) is 6.92 Å². The van der Waals surface area contributed by atoms with Crippen LogP contribution in [0.5, 0.6) is 11.5 Å². The van der Waals surface area contributed by atoms with Crippen LogP contribution in [-0.4, -0.2) is 30.0 Å². The van der Waals surface area contributed by atoms with Gasteiger partial charge in [-0.25, -0.2) is 15.0 Å². The molecule has 1 heterocycles. The van der Waals surface area contributed by atoms with Gasteiger partial charge in [0.1, 0.15) is 11.5 Å². The lowest BCUT2D eigenvalue weighted by Crippen LogP contribution is -2.18. The summed E-state index contributed by atoms with van der Waals surface area (Å²) in [7, 11) is 0. The Bertz CT molecular complexity index is 1930. The van der Waals surface area contributed by atoms with Crippen LogP contribution < -0.4 is 20.2 Å². The number of anilines is 1. The van der Waals surface area contributed by atoms with E-state index in [1.165, 1.54) is 36.8 Å². The average Bonchev–Trinajstić information content (AvgIpc) is 3.61. The molecule has 5 rings (SSSR count). The van der Waals surface area contributed by atoms with Gasteiger partial charge in [0.2, 0.25) is 0 Å². The lowest BCUT2D eigenvalue weighted by atomic mass is 10.1. The van der Waals surface area contributed by atoms with Crippen LogP contribution in [0.3, 0.4) is 0 Å². The molecule has 2 N–H and O–H groups in total. The van der Waals surface area contributed by atoms with Gasteiger partial charge in [-0.15, -0.1) is 0 Å². The van der Waals surface area contributed by atoms with Crippen molar-refractivity contribution >= 4 is 41.7 Å². The van der Waals surface area contributed by atoms with Gasteiger partial charge in [-0.3, -0.25) is 9.59 Å². The van der Waals surface area contributed by atoms with Gasteiger partial charge in [0.05, 0.1) is 18.0 Å². The van der Waals surface area contributed by atoms with E-state index in [2.05, 4.69) is 15.8 Å². The Kier molecular flexibility index (Phi) is 9.91. The molecule has 2 amide bonds. The molecule has 46 heavy (non-hydrogen) atoms. The standard InChI is InChI=1S/C36H27N3O7/c1-24-8-6-11-27(22-24)36(43)46-30-12-4-2-9-25(30)17-20-33(40)45-31-13-5-3-10-28(31)23-37-39-34(41)26-15-18-29(19-16-26)38-35(42)32-14-7-21-44-32/h2-23H,1H3,(H,38,42)(H,39,41)/b20-17+,37-23+. The minimum Gasteiger partial charge on any atom is -0.459 e. The molecule has 10 nitrogen and oxygen atoms in total. The fourth-order valence-electron chi connectivity index (χ4n) is 4.15. The molecular formula is C36H27N3O7. The third-order valence-electron chi connectivity index (χ3n) is 6.42. The first-order chi connectivity index (χ1) is 22.4. The Hall–Kier alpha value is -6.55. The van der Waals surface area contributed by atoms with Crippen molar-refractivity contribution in [3.05, 3.63) is 155 Å². The van der Waals surface area contributed by atoms with E-state index in [-0.39, 0.29) is 17.3 Å². The number of ether oxygens (including phenoxy) is 2. The van der Waals surface area contributed by atoms with Crippen molar-refractivity contribution in [3.63, 3.8) is 0 Å². The first kappa shape index (κ1) is 30.9. The predicted molar refractivity (Wildman–Crippen MR) is 172 cm³/mol. The average molecular weight is 614 g/mol. The zero-order valence-corrected chi connectivity index (χ0v) is 24.5. The normalized spacial score (nSPS) is 10.9. The lowest BCUT2D eigenvalue weighted by molar-refractivity contribution is -0.128.